The lowest BCUT2D eigenvalue weighted by Gasteiger charge is -2.31. The number of piperidine rings is 1. The number of likely N-dealkylation sites (tertiary alicyclic amines) is 1. The fourth-order valence-electron chi connectivity index (χ4n) is 3.96. The number of benzene rings is 1. The molecule has 0 saturated carbocycles. The highest BCUT2D eigenvalue weighted by molar-refractivity contribution is 5.78. The zero-order chi connectivity index (χ0) is 17.8. The van der Waals surface area contributed by atoms with Crippen molar-refractivity contribution in [2.24, 2.45) is 5.92 Å². The summed E-state index contributed by atoms with van der Waals surface area (Å²) in [6.45, 7) is 3.97. The van der Waals surface area contributed by atoms with Crippen molar-refractivity contribution in [2.75, 3.05) is 26.2 Å². The summed E-state index contributed by atoms with van der Waals surface area (Å²) < 4.78 is 11.3. The molecule has 4 rings (SSSR count). The maximum Gasteiger partial charge on any atom is 0.223 e. The number of rotatable bonds is 5. The van der Waals surface area contributed by atoms with Gasteiger partial charge in [0.25, 0.3) is 0 Å². The standard InChI is InChI=1S/C21H26N2O3/c24-21(17-7-10-23(11-8-17)15-18-5-3-12-25-18)22-14-20-19-6-2-1-4-16(19)9-13-26-20/h1-6,12,17,20H,7-11,13-15H2,(H,22,24)/t20-/m1/s1. The number of hydrogen-bond donors (Lipinski definition) is 1. The van der Waals surface area contributed by atoms with Crippen molar-refractivity contribution in [3.63, 3.8) is 0 Å². The number of amides is 1. The van der Waals surface area contributed by atoms with E-state index in [1.54, 1.807) is 6.26 Å². The first kappa shape index (κ1) is 17.3. The molecular formula is C21H26N2O3. The van der Waals surface area contributed by atoms with E-state index in [1.165, 1.54) is 11.1 Å². The van der Waals surface area contributed by atoms with E-state index >= 15 is 0 Å². The van der Waals surface area contributed by atoms with Crippen LogP contribution in [0.5, 0.6) is 0 Å². The minimum absolute atomic E-state index is 0.0251. The normalized spacial score (nSPS) is 21.3. The van der Waals surface area contributed by atoms with Gasteiger partial charge < -0.3 is 14.5 Å². The van der Waals surface area contributed by atoms with Crippen molar-refractivity contribution >= 4 is 5.91 Å². The van der Waals surface area contributed by atoms with Gasteiger partial charge in [0.2, 0.25) is 5.91 Å². The number of ether oxygens (including phenoxy) is 1. The van der Waals surface area contributed by atoms with E-state index in [-0.39, 0.29) is 17.9 Å². The average Bonchev–Trinajstić information content (AvgIpc) is 3.19. The molecule has 5 heteroatoms. The zero-order valence-electron chi connectivity index (χ0n) is 15.0. The van der Waals surface area contributed by atoms with Crippen molar-refractivity contribution in [3.05, 3.63) is 59.5 Å². The van der Waals surface area contributed by atoms with Crippen LogP contribution in [0.25, 0.3) is 0 Å². The molecule has 1 amide bonds. The van der Waals surface area contributed by atoms with Crippen LogP contribution in [0.4, 0.5) is 0 Å². The molecule has 0 unspecified atom stereocenters. The van der Waals surface area contributed by atoms with Gasteiger partial charge in [-0.1, -0.05) is 24.3 Å². The molecule has 1 saturated heterocycles. The minimum atomic E-state index is -0.0251. The second-order valence-electron chi connectivity index (χ2n) is 7.18. The molecule has 0 bridgehead atoms. The molecule has 1 N–H and O–H groups in total. The van der Waals surface area contributed by atoms with Crippen LogP contribution in [0.15, 0.2) is 47.1 Å². The summed E-state index contributed by atoms with van der Waals surface area (Å²) in [5.41, 5.74) is 2.55. The van der Waals surface area contributed by atoms with E-state index in [0.717, 1.165) is 51.3 Å². The monoisotopic (exact) mass is 354 g/mol. The first-order valence-corrected chi connectivity index (χ1v) is 9.51. The largest absolute Gasteiger partial charge is 0.468 e. The number of nitrogens with one attached hydrogen (secondary N) is 1. The van der Waals surface area contributed by atoms with Gasteiger partial charge >= 0.3 is 0 Å². The molecular weight excluding hydrogens is 328 g/mol. The van der Waals surface area contributed by atoms with Crippen molar-refractivity contribution in [3.8, 4) is 0 Å². The second kappa shape index (κ2) is 8.06. The molecule has 0 spiro atoms. The van der Waals surface area contributed by atoms with Gasteiger partial charge in [0.15, 0.2) is 0 Å². The lowest BCUT2D eigenvalue weighted by atomic mass is 9.95. The molecule has 138 valence electrons. The Morgan fingerprint density at radius 3 is 2.81 bits per heavy atom. The molecule has 1 aromatic carbocycles. The summed E-state index contributed by atoms with van der Waals surface area (Å²) in [6, 6.07) is 12.3. The molecule has 1 fully saturated rings. The van der Waals surface area contributed by atoms with E-state index in [0.29, 0.717) is 6.54 Å². The highest BCUT2D eigenvalue weighted by Crippen LogP contribution is 2.26. The summed E-state index contributed by atoms with van der Waals surface area (Å²) in [6.07, 6.45) is 4.43. The van der Waals surface area contributed by atoms with Crippen LogP contribution in [-0.4, -0.2) is 37.0 Å². The number of carbonyl (C=O) groups is 1. The van der Waals surface area contributed by atoms with Crippen molar-refractivity contribution in [1.82, 2.24) is 10.2 Å². The maximum absolute atomic E-state index is 12.6. The third kappa shape index (κ3) is 4.00. The van der Waals surface area contributed by atoms with Crippen LogP contribution in [0.3, 0.4) is 0 Å². The topological polar surface area (TPSA) is 54.7 Å². The molecule has 1 aromatic heterocycles. The van der Waals surface area contributed by atoms with Gasteiger partial charge in [-0.25, -0.2) is 0 Å². The summed E-state index contributed by atoms with van der Waals surface area (Å²) in [7, 11) is 0. The van der Waals surface area contributed by atoms with Crippen molar-refractivity contribution in [2.45, 2.75) is 31.9 Å². The third-order valence-corrected chi connectivity index (χ3v) is 5.47. The Morgan fingerprint density at radius 2 is 2.00 bits per heavy atom. The van der Waals surface area contributed by atoms with E-state index in [9.17, 15) is 4.79 Å². The third-order valence-electron chi connectivity index (χ3n) is 5.47. The lowest BCUT2D eigenvalue weighted by molar-refractivity contribution is -0.127. The number of fused-ring (bicyclic) bond motifs is 1. The molecule has 0 aliphatic carbocycles. The Labute approximate surface area is 154 Å². The van der Waals surface area contributed by atoms with Gasteiger partial charge in [-0.3, -0.25) is 9.69 Å². The number of carbonyl (C=O) groups excluding carboxylic acids is 1. The van der Waals surface area contributed by atoms with Crippen LogP contribution >= 0.6 is 0 Å². The van der Waals surface area contributed by atoms with Crippen molar-refractivity contribution in [1.29, 1.82) is 0 Å². The van der Waals surface area contributed by atoms with Crippen molar-refractivity contribution < 1.29 is 13.9 Å². The number of furan rings is 1. The second-order valence-corrected chi connectivity index (χ2v) is 7.18. The van der Waals surface area contributed by atoms with E-state index in [4.69, 9.17) is 9.15 Å². The average molecular weight is 354 g/mol. The Bertz CT molecular complexity index is 721. The van der Waals surface area contributed by atoms with Gasteiger partial charge in [-0.2, -0.15) is 0 Å². The first-order valence-electron chi connectivity index (χ1n) is 9.51. The summed E-state index contributed by atoms with van der Waals surface area (Å²) in [4.78, 5) is 14.9. The summed E-state index contributed by atoms with van der Waals surface area (Å²) in [5.74, 6) is 1.25. The number of nitrogens with zero attached hydrogens (tertiary/aromatic N) is 1. The first-order chi connectivity index (χ1) is 12.8. The highest BCUT2D eigenvalue weighted by atomic mass is 16.5. The zero-order valence-corrected chi connectivity index (χ0v) is 15.0. The van der Waals surface area contributed by atoms with Gasteiger partial charge in [0.05, 0.1) is 19.4 Å². The van der Waals surface area contributed by atoms with Crippen LogP contribution in [-0.2, 0) is 22.5 Å². The van der Waals surface area contributed by atoms with E-state index in [2.05, 4.69) is 28.4 Å². The van der Waals surface area contributed by atoms with Gasteiger partial charge in [0, 0.05) is 12.5 Å². The predicted octanol–water partition coefficient (Wildman–Crippen LogP) is 2.92. The predicted molar refractivity (Wildman–Crippen MR) is 98.6 cm³/mol. The van der Waals surface area contributed by atoms with Gasteiger partial charge in [-0.05, 0) is 55.6 Å². The smallest absolute Gasteiger partial charge is 0.223 e. The Kier molecular flexibility index (Phi) is 5.37. The fourth-order valence-corrected chi connectivity index (χ4v) is 3.96. The highest BCUT2D eigenvalue weighted by Gasteiger charge is 2.27. The molecule has 26 heavy (non-hydrogen) atoms. The van der Waals surface area contributed by atoms with Crippen LogP contribution in [0.1, 0.15) is 35.8 Å². The minimum Gasteiger partial charge on any atom is -0.468 e. The molecule has 0 radical (unpaired) electrons. The number of hydrogen-bond acceptors (Lipinski definition) is 4. The maximum atomic E-state index is 12.6. The molecule has 5 nitrogen and oxygen atoms in total. The van der Waals surface area contributed by atoms with Crippen LogP contribution < -0.4 is 5.32 Å². The quantitative estimate of drug-likeness (QED) is 0.897. The molecule has 2 aliphatic heterocycles. The molecule has 2 aromatic rings. The van der Waals surface area contributed by atoms with Gasteiger partial charge in [-0.15, -0.1) is 0 Å². The Balaban J connectivity index is 1.25. The SMILES string of the molecule is O=C(NC[C@H]1OCCc2ccccc21)C1CCN(Cc2ccco2)CC1. The van der Waals surface area contributed by atoms with E-state index < -0.39 is 0 Å². The summed E-state index contributed by atoms with van der Waals surface area (Å²) >= 11 is 0. The van der Waals surface area contributed by atoms with E-state index in [1.807, 2.05) is 18.2 Å². The Hall–Kier alpha value is -2.11. The molecule has 2 aliphatic rings. The Morgan fingerprint density at radius 1 is 1.15 bits per heavy atom. The summed E-state index contributed by atoms with van der Waals surface area (Å²) in [5, 5.41) is 3.12. The fraction of sp³-hybridized carbons (Fsp3) is 0.476. The van der Waals surface area contributed by atoms with Crippen LogP contribution in [0, 0.1) is 5.92 Å². The molecule has 1 atom stereocenters. The lowest BCUT2D eigenvalue weighted by Crippen LogP contribution is -2.41. The molecule has 3 heterocycles. The van der Waals surface area contributed by atoms with Gasteiger partial charge in [0.1, 0.15) is 11.9 Å². The van der Waals surface area contributed by atoms with Crippen LogP contribution in [0.2, 0.25) is 0 Å².